The van der Waals surface area contributed by atoms with Gasteiger partial charge in [-0.2, -0.15) is 0 Å². The van der Waals surface area contributed by atoms with Crippen molar-refractivity contribution in [3.05, 3.63) is 11.6 Å². The number of allylic oxidation sites excluding steroid dienone is 2. The van der Waals surface area contributed by atoms with Crippen molar-refractivity contribution in [1.29, 1.82) is 0 Å². The monoisotopic (exact) mass is 182 g/mol. The summed E-state index contributed by atoms with van der Waals surface area (Å²) in [5.74, 6) is 0. The van der Waals surface area contributed by atoms with E-state index in [-0.39, 0.29) is 0 Å². The van der Waals surface area contributed by atoms with Crippen molar-refractivity contribution in [1.82, 2.24) is 0 Å². The van der Waals surface area contributed by atoms with Crippen LogP contribution in [0.15, 0.2) is 11.6 Å². The molecule has 0 radical (unpaired) electrons. The lowest BCUT2D eigenvalue weighted by molar-refractivity contribution is 0.636. The summed E-state index contributed by atoms with van der Waals surface area (Å²) >= 11 is 0. The van der Waals surface area contributed by atoms with Crippen LogP contribution in [0.25, 0.3) is 0 Å². The van der Waals surface area contributed by atoms with Crippen LogP contribution in [0.2, 0.25) is 0 Å². The Kier molecular flexibility index (Phi) is 9.63. The molecule has 13 heavy (non-hydrogen) atoms. The number of unbranched alkanes of at least 4 members (excludes halogenated alkanes) is 5. The number of hydrogen-bond acceptors (Lipinski definition) is 0. The van der Waals surface area contributed by atoms with E-state index < -0.39 is 0 Å². The summed E-state index contributed by atoms with van der Waals surface area (Å²) in [5.41, 5.74) is 1.58. The molecule has 78 valence electrons. The molecule has 0 aromatic heterocycles. The van der Waals surface area contributed by atoms with Crippen LogP contribution in [0.3, 0.4) is 0 Å². The first kappa shape index (κ1) is 12.7. The van der Waals surface area contributed by atoms with Crippen molar-refractivity contribution < 1.29 is 0 Å². The lowest BCUT2D eigenvalue weighted by atomic mass is 10.1. The molecular formula is C13H26. The first-order valence-corrected chi connectivity index (χ1v) is 5.96. The van der Waals surface area contributed by atoms with Crippen molar-refractivity contribution in [2.45, 2.75) is 72.1 Å². The van der Waals surface area contributed by atoms with Crippen LogP contribution in [-0.2, 0) is 0 Å². The first-order valence-electron chi connectivity index (χ1n) is 5.96. The van der Waals surface area contributed by atoms with Gasteiger partial charge in [0.05, 0.1) is 0 Å². The molecule has 0 aromatic rings. The van der Waals surface area contributed by atoms with E-state index in [9.17, 15) is 0 Å². The van der Waals surface area contributed by atoms with Crippen LogP contribution >= 0.6 is 0 Å². The van der Waals surface area contributed by atoms with Gasteiger partial charge in [-0.05, 0) is 26.2 Å². The highest BCUT2D eigenvalue weighted by Gasteiger charge is 1.89. The van der Waals surface area contributed by atoms with E-state index in [4.69, 9.17) is 0 Å². The van der Waals surface area contributed by atoms with Gasteiger partial charge in [-0.25, -0.2) is 0 Å². The van der Waals surface area contributed by atoms with Gasteiger partial charge < -0.3 is 0 Å². The molecule has 0 unspecified atom stereocenters. The average Bonchev–Trinajstić information content (AvgIpc) is 2.11. The SMILES string of the molecule is CCCCCCC/C=C(/C)CCC. The largest absolute Gasteiger partial charge is 0.0856 e. The molecular weight excluding hydrogens is 156 g/mol. The van der Waals surface area contributed by atoms with Crippen LogP contribution in [0.4, 0.5) is 0 Å². The van der Waals surface area contributed by atoms with Gasteiger partial charge in [0.2, 0.25) is 0 Å². The molecule has 0 aliphatic carbocycles. The molecule has 0 aliphatic heterocycles. The molecule has 0 aromatic carbocycles. The van der Waals surface area contributed by atoms with Gasteiger partial charge in [-0.15, -0.1) is 0 Å². The normalized spacial score (nSPS) is 12.1. The van der Waals surface area contributed by atoms with Crippen LogP contribution in [0.1, 0.15) is 72.1 Å². The molecule has 0 N–H and O–H groups in total. The smallest absolute Gasteiger partial charge is 0.0326 e. The standard InChI is InChI=1S/C13H26/c1-4-6-7-8-9-10-12-13(3)11-5-2/h12H,4-11H2,1-3H3/b13-12-. The lowest BCUT2D eigenvalue weighted by Gasteiger charge is -1.99. The summed E-state index contributed by atoms with van der Waals surface area (Å²) < 4.78 is 0. The summed E-state index contributed by atoms with van der Waals surface area (Å²) in [7, 11) is 0. The maximum atomic E-state index is 2.43. The van der Waals surface area contributed by atoms with Crippen molar-refractivity contribution >= 4 is 0 Å². The van der Waals surface area contributed by atoms with Crippen LogP contribution in [0.5, 0.6) is 0 Å². The van der Waals surface area contributed by atoms with Crippen LogP contribution < -0.4 is 0 Å². The van der Waals surface area contributed by atoms with E-state index >= 15 is 0 Å². The molecule has 0 spiro atoms. The minimum absolute atomic E-state index is 1.29. The Morgan fingerprint density at radius 1 is 0.923 bits per heavy atom. The molecule has 0 saturated heterocycles. The molecule has 0 aliphatic rings. The zero-order valence-electron chi connectivity index (χ0n) is 9.73. The summed E-state index contributed by atoms with van der Waals surface area (Å²) in [6, 6.07) is 0. The van der Waals surface area contributed by atoms with Crippen LogP contribution in [0, 0.1) is 0 Å². The van der Waals surface area contributed by atoms with Crippen molar-refractivity contribution in [3.8, 4) is 0 Å². The average molecular weight is 182 g/mol. The maximum Gasteiger partial charge on any atom is -0.0326 e. The van der Waals surface area contributed by atoms with E-state index in [1.807, 2.05) is 0 Å². The van der Waals surface area contributed by atoms with E-state index in [0.29, 0.717) is 0 Å². The molecule has 0 nitrogen and oxygen atoms in total. The fourth-order valence-corrected chi connectivity index (χ4v) is 1.59. The molecule has 0 heterocycles. The number of hydrogen-bond donors (Lipinski definition) is 0. The van der Waals surface area contributed by atoms with Crippen molar-refractivity contribution in [3.63, 3.8) is 0 Å². The highest BCUT2D eigenvalue weighted by molar-refractivity contribution is 4.97. The van der Waals surface area contributed by atoms with E-state index in [0.717, 1.165) is 0 Å². The van der Waals surface area contributed by atoms with Crippen molar-refractivity contribution in [2.24, 2.45) is 0 Å². The van der Waals surface area contributed by atoms with Crippen molar-refractivity contribution in [2.75, 3.05) is 0 Å². The van der Waals surface area contributed by atoms with E-state index in [2.05, 4.69) is 26.8 Å². The summed E-state index contributed by atoms with van der Waals surface area (Å²) in [6.45, 7) is 6.78. The Labute approximate surface area is 84.4 Å². The van der Waals surface area contributed by atoms with Gasteiger partial charge in [0.1, 0.15) is 0 Å². The highest BCUT2D eigenvalue weighted by Crippen LogP contribution is 2.09. The Bertz CT molecular complexity index is 122. The third kappa shape index (κ3) is 9.66. The van der Waals surface area contributed by atoms with Gasteiger partial charge in [0.15, 0.2) is 0 Å². The van der Waals surface area contributed by atoms with Crippen LogP contribution in [-0.4, -0.2) is 0 Å². The van der Waals surface area contributed by atoms with Gasteiger partial charge in [0.25, 0.3) is 0 Å². The quantitative estimate of drug-likeness (QED) is 0.362. The van der Waals surface area contributed by atoms with Gasteiger partial charge >= 0.3 is 0 Å². The molecule has 0 fully saturated rings. The molecule has 0 bridgehead atoms. The molecule has 0 atom stereocenters. The Morgan fingerprint density at radius 3 is 2.23 bits per heavy atom. The molecule has 0 heteroatoms. The fourth-order valence-electron chi connectivity index (χ4n) is 1.59. The third-order valence-electron chi connectivity index (χ3n) is 2.44. The zero-order chi connectivity index (χ0) is 9.94. The van der Waals surface area contributed by atoms with Gasteiger partial charge in [0, 0.05) is 0 Å². The third-order valence-corrected chi connectivity index (χ3v) is 2.44. The highest BCUT2D eigenvalue weighted by atomic mass is 14.0. The lowest BCUT2D eigenvalue weighted by Crippen LogP contribution is -1.79. The second kappa shape index (κ2) is 9.83. The predicted octanol–water partition coefficient (Wildman–Crippen LogP) is 5.09. The van der Waals surface area contributed by atoms with Gasteiger partial charge in [-0.1, -0.05) is 57.6 Å². The van der Waals surface area contributed by atoms with E-state index in [1.54, 1.807) is 5.57 Å². The summed E-state index contributed by atoms with van der Waals surface area (Å²) in [6.07, 6.45) is 13.3. The number of rotatable bonds is 8. The molecule has 0 rings (SSSR count). The zero-order valence-corrected chi connectivity index (χ0v) is 9.73. The Balaban J connectivity index is 3.18. The summed E-state index contributed by atoms with van der Waals surface area (Å²) in [5, 5.41) is 0. The minimum Gasteiger partial charge on any atom is -0.0856 e. The first-order chi connectivity index (χ1) is 6.31. The Hall–Kier alpha value is -0.260. The topological polar surface area (TPSA) is 0 Å². The van der Waals surface area contributed by atoms with E-state index in [1.165, 1.54) is 51.4 Å². The Morgan fingerprint density at radius 2 is 1.62 bits per heavy atom. The predicted molar refractivity (Wildman–Crippen MR) is 62.0 cm³/mol. The maximum absolute atomic E-state index is 2.43. The second-order valence-electron chi connectivity index (χ2n) is 4.00. The fraction of sp³-hybridized carbons (Fsp3) is 0.846. The second-order valence-corrected chi connectivity index (χ2v) is 4.00. The minimum atomic E-state index is 1.29. The van der Waals surface area contributed by atoms with Gasteiger partial charge in [-0.3, -0.25) is 0 Å². The molecule has 0 amide bonds. The molecule has 0 saturated carbocycles. The summed E-state index contributed by atoms with van der Waals surface area (Å²) in [4.78, 5) is 0.